The molecule has 1 aliphatic rings. The van der Waals surface area contributed by atoms with Gasteiger partial charge in [0.25, 0.3) is 0 Å². The van der Waals surface area contributed by atoms with E-state index >= 15 is 0 Å². The third kappa shape index (κ3) is 2.86. The molecule has 18 heavy (non-hydrogen) atoms. The Labute approximate surface area is 114 Å². The maximum atomic E-state index is 13.4. The molecule has 0 saturated heterocycles. The maximum absolute atomic E-state index is 13.4. The fourth-order valence-electron chi connectivity index (χ4n) is 3.23. The van der Waals surface area contributed by atoms with Gasteiger partial charge in [0.1, 0.15) is 5.82 Å². The largest absolute Gasteiger partial charge is 0.327 e. The highest BCUT2D eigenvalue weighted by Gasteiger charge is 2.37. The lowest BCUT2D eigenvalue weighted by Crippen LogP contribution is -2.38. The molecule has 2 rings (SSSR count). The molecule has 0 aliphatic heterocycles. The Balaban J connectivity index is 2.07. The van der Waals surface area contributed by atoms with Gasteiger partial charge in [-0.05, 0) is 48.3 Å². The topological polar surface area (TPSA) is 26.0 Å². The van der Waals surface area contributed by atoms with Crippen molar-refractivity contribution < 1.29 is 4.39 Å². The van der Waals surface area contributed by atoms with Gasteiger partial charge in [-0.2, -0.15) is 0 Å². The second-order valence-corrected chi connectivity index (χ2v) is 6.51. The summed E-state index contributed by atoms with van der Waals surface area (Å²) in [6.07, 6.45) is 4.40. The average molecular weight is 270 g/mol. The quantitative estimate of drug-likeness (QED) is 0.875. The van der Waals surface area contributed by atoms with Crippen LogP contribution in [0.2, 0.25) is 5.02 Å². The molecule has 1 saturated carbocycles. The minimum absolute atomic E-state index is 0.100. The summed E-state index contributed by atoms with van der Waals surface area (Å²) in [6.45, 7) is 4.57. The van der Waals surface area contributed by atoms with Crippen LogP contribution in [0.5, 0.6) is 0 Å². The van der Waals surface area contributed by atoms with Gasteiger partial charge in [-0.15, -0.1) is 0 Å². The Hall–Kier alpha value is -0.600. The normalized spacial score (nSPS) is 24.2. The van der Waals surface area contributed by atoms with Crippen LogP contribution in [0.1, 0.15) is 38.7 Å². The summed E-state index contributed by atoms with van der Waals surface area (Å²) in [7, 11) is 0. The van der Waals surface area contributed by atoms with Crippen LogP contribution in [0.4, 0.5) is 4.39 Å². The van der Waals surface area contributed by atoms with Gasteiger partial charge in [0.15, 0.2) is 0 Å². The molecule has 1 aromatic rings. The van der Waals surface area contributed by atoms with Crippen LogP contribution in [0.3, 0.4) is 0 Å². The molecule has 1 fully saturated rings. The van der Waals surface area contributed by atoms with Crippen LogP contribution in [-0.4, -0.2) is 6.04 Å². The highest BCUT2D eigenvalue weighted by molar-refractivity contribution is 6.30. The van der Waals surface area contributed by atoms with Crippen molar-refractivity contribution in [2.24, 2.45) is 17.1 Å². The SMILES string of the molecule is CC1(C)CCCC1C(N)Cc1ccc(Cl)c(F)c1. The molecule has 0 amide bonds. The van der Waals surface area contributed by atoms with E-state index < -0.39 is 0 Å². The average Bonchev–Trinajstić information content (AvgIpc) is 2.63. The smallest absolute Gasteiger partial charge is 0.142 e. The maximum Gasteiger partial charge on any atom is 0.142 e. The van der Waals surface area contributed by atoms with Gasteiger partial charge in [-0.1, -0.05) is 37.9 Å². The molecule has 2 unspecified atom stereocenters. The Kier molecular flexibility index (Phi) is 3.98. The fraction of sp³-hybridized carbons (Fsp3) is 0.600. The first-order valence-electron chi connectivity index (χ1n) is 6.59. The summed E-state index contributed by atoms with van der Waals surface area (Å²) >= 11 is 5.68. The van der Waals surface area contributed by atoms with Gasteiger partial charge in [0, 0.05) is 6.04 Å². The van der Waals surface area contributed by atoms with E-state index in [-0.39, 0.29) is 16.9 Å². The summed E-state index contributed by atoms with van der Waals surface area (Å²) in [5, 5.41) is 0.175. The van der Waals surface area contributed by atoms with Gasteiger partial charge in [-0.25, -0.2) is 4.39 Å². The van der Waals surface area contributed by atoms with E-state index in [1.807, 2.05) is 6.07 Å². The van der Waals surface area contributed by atoms with Crippen molar-refractivity contribution in [3.63, 3.8) is 0 Å². The van der Waals surface area contributed by atoms with Gasteiger partial charge in [0.05, 0.1) is 5.02 Å². The second-order valence-electron chi connectivity index (χ2n) is 6.10. The van der Waals surface area contributed by atoms with E-state index in [2.05, 4.69) is 13.8 Å². The first kappa shape index (κ1) is 13.8. The minimum Gasteiger partial charge on any atom is -0.327 e. The molecular weight excluding hydrogens is 249 g/mol. The molecule has 2 atom stereocenters. The Bertz CT molecular complexity index is 431. The Morgan fingerprint density at radius 2 is 2.22 bits per heavy atom. The van der Waals surface area contributed by atoms with Crippen molar-refractivity contribution in [3.05, 3.63) is 34.6 Å². The first-order chi connectivity index (χ1) is 8.40. The molecule has 0 heterocycles. The molecule has 3 heteroatoms. The summed E-state index contributed by atoms with van der Waals surface area (Å²) in [5.74, 6) is 0.170. The summed E-state index contributed by atoms with van der Waals surface area (Å²) in [4.78, 5) is 0. The highest BCUT2D eigenvalue weighted by atomic mass is 35.5. The molecule has 0 bridgehead atoms. The predicted molar refractivity (Wildman–Crippen MR) is 74.2 cm³/mol. The molecule has 2 N–H and O–H groups in total. The van der Waals surface area contributed by atoms with Crippen molar-refractivity contribution in [1.29, 1.82) is 0 Å². The number of hydrogen-bond donors (Lipinski definition) is 1. The number of benzene rings is 1. The second kappa shape index (κ2) is 5.18. The Morgan fingerprint density at radius 1 is 1.50 bits per heavy atom. The van der Waals surface area contributed by atoms with Crippen LogP contribution in [0.15, 0.2) is 18.2 Å². The van der Waals surface area contributed by atoms with E-state index in [1.54, 1.807) is 6.07 Å². The lowest BCUT2D eigenvalue weighted by molar-refractivity contribution is 0.220. The minimum atomic E-state index is -0.355. The van der Waals surface area contributed by atoms with E-state index in [0.29, 0.717) is 11.3 Å². The lowest BCUT2D eigenvalue weighted by Gasteiger charge is -2.32. The standard InChI is InChI=1S/C15H21ClFN/c1-15(2)7-3-4-11(15)14(18)9-10-5-6-12(16)13(17)8-10/h5-6,8,11,14H,3-4,7,9,18H2,1-2H3. The molecule has 0 aromatic heterocycles. The molecule has 0 radical (unpaired) electrons. The third-order valence-corrected chi connectivity index (χ3v) is 4.62. The van der Waals surface area contributed by atoms with Gasteiger partial charge >= 0.3 is 0 Å². The lowest BCUT2D eigenvalue weighted by atomic mass is 9.76. The summed E-state index contributed by atoms with van der Waals surface area (Å²) in [6, 6.07) is 5.08. The predicted octanol–water partition coefficient (Wildman–Crippen LogP) is 4.18. The molecular formula is C15H21ClFN. The van der Waals surface area contributed by atoms with Crippen LogP contribution in [-0.2, 0) is 6.42 Å². The van der Waals surface area contributed by atoms with Gasteiger partial charge in [0.2, 0.25) is 0 Å². The van der Waals surface area contributed by atoms with Crippen LogP contribution in [0, 0.1) is 17.2 Å². The van der Waals surface area contributed by atoms with E-state index in [9.17, 15) is 4.39 Å². The number of nitrogens with two attached hydrogens (primary N) is 1. The van der Waals surface area contributed by atoms with E-state index in [0.717, 1.165) is 12.0 Å². The highest BCUT2D eigenvalue weighted by Crippen LogP contribution is 2.44. The Morgan fingerprint density at radius 3 is 2.78 bits per heavy atom. The molecule has 0 spiro atoms. The van der Waals surface area contributed by atoms with Crippen LogP contribution < -0.4 is 5.73 Å². The third-order valence-electron chi connectivity index (χ3n) is 4.31. The van der Waals surface area contributed by atoms with Crippen molar-refractivity contribution in [2.75, 3.05) is 0 Å². The zero-order valence-electron chi connectivity index (χ0n) is 11.0. The van der Waals surface area contributed by atoms with E-state index in [4.69, 9.17) is 17.3 Å². The molecule has 100 valence electrons. The zero-order chi connectivity index (χ0) is 13.3. The van der Waals surface area contributed by atoms with Crippen molar-refractivity contribution >= 4 is 11.6 Å². The number of halogens is 2. The number of rotatable bonds is 3. The van der Waals surface area contributed by atoms with Gasteiger partial charge in [-0.3, -0.25) is 0 Å². The van der Waals surface area contributed by atoms with Crippen LogP contribution >= 0.6 is 11.6 Å². The monoisotopic (exact) mass is 269 g/mol. The molecule has 1 aromatic carbocycles. The summed E-state index contributed by atoms with van der Waals surface area (Å²) < 4.78 is 13.4. The summed E-state index contributed by atoms with van der Waals surface area (Å²) in [5.41, 5.74) is 7.57. The van der Waals surface area contributed by atoms with Crippen LogP contribution in [0.25, 0.3) is 0 Å². The molecule has 1 nitrogen and oxygen atoms in total. The van der Waals surface area contributed by atoms with Crippen molar-refractivity contribution in [1.82, 2.24) is 0 Å². The van der Waals surface area contributed by atoms with Crippen molar-refractivity contribution in [2.45, 2.75) is 45.6 Å². The van der Waals surface area contributed by atoms with Gasteiger partial charge < -0.3 is 5.73 Å². The number of hydrogen-bond acceptors (Lipinski definition) is 1. The molecule has 1 aliphatic carbocycles. The van der Waals surface area contributed by atoms with Crippen molar-refractivity contribution in [3.8, 4) is 0 Å². The zero-order valence-corrected chi connectivity index (χ0v) is 11.8. The first-order valence-corrected chi connectivity index (χ1v) is 6.97. The fourth-order valence-corrected chi connectivity index (χ4v) is 3.35. The van der Waals surface area contributed by atoms with E-state index in [1.165, 1.54) is 25.3 Å².